The fraction of sp³-hybridized carbons (Fsp3) is 0.639. The first-order valence-corrected chi connectivity index (χ1v) is 17.1. The largest absolute Gasteiger partial charge is 0.508 e. The normalized spacial score (nSPS) is 20.4. The van der Waals surface area contributed by atoms with Crippen molar-refractivity contribution < 1.29 is 37.7 Å². The molecule has 0 bridgehead atoms. The van der Waals surface area contributed by atoms with Crippen molar-refractivity contribution in [3.05, 3.63) is 47.7 Å². The van der Waals surface area contributed by atoms with E-state index in [2.05, 4.69) is 9.88 Å². The van der Waals surface area contributed by atoms with E-state index < -0.39 is 18.7 Å². The van der Waals surface area contributed by atoms with Crippen molar-refractivity contribution >= 4 is 17.6 Å². The number of likely N-dealkylation sites (tertiary alicyclic amines) is 1. The standard InChI is InChI=1S/C36H49F3N4O5/c1-35(2,3)22-43(27-5-4-14-41(20-27)23-36(37,38)39)34(47)29-9-8-28(44)18-31(29)42-15-11-24(12-16-42)21-48-32-17-26(10-13-40-32)30(19-33(45)46)25-6-7-25/h8-10,13,17-18,24-25,27,30,44H,4-7,11-12,14-16,19-23H2,1-3H3,(H,45,46). The number of benzene rings is 1. The first-order valence-electron chi connectivity index (χ1n) is 17.1. The summed E-state index contributed by atoms with van der Waals surface area (Å²) in [5, 5.41) is 19.8. The summed E-state index contributed by atoms with van der Waals surface area (Å²) in [6, 6.07) is 8.12. The SMILES string of the molecule is CC(C)(C)CN(C(=O)c1ccc(O)cc1N1CCC(COc2cc(C(CC(=O)O)C3CC3)ccn2)CC1)C1CCCN(CC(F)(F)F)C1. The Morgan fingerprint density at radius 1 is 1.04 bits per heavy atom. The number of piperidine rings is 2. The minimum Gasteiger partial charge on any atom is -0.508 e. The number of rotatable bonds is 12. The molecule has 1 aromatic heterocycles. The van der Waals surface area contributed by atoms with Crippen LogP contribution in [0, 0.1) is 17.3 Å². The van der Waals surface area contributed by atoms with Crippen LogP contribution in [0.2, 0.25) is 0 Å². The number of carboxylic acid groups (broad SMARTS) is 1. The van der Waals surface area contributed by atoms with Crippen molar-refractivity contribution in [2.24, 2.45) is 17.3 Å². The van der Waals surface area contributed by atoms with Crippen LogP contribution in [0.25, 0.3) is 0 Å². The van der Waals surface area contributed by atoms with E-state index in [0.29, 0.717) is 68.7 Å². The van der Waals surface area contributed by atoms with Crippen molar-refractivity contribution in [3.63, 3.8) is 0 Å². The van der Waals surface area contributed by atoms with Crippen molar-refractivity contribution in [2.75, 3.05) is 50.8 Å². The molecule has 0 radical (unpaired) electrons. The lowest BCUT2D eigenvalue weighted by atomic mass is 9.92. The zero-order valence-corrected chi connectivity index (χ0v) is 28.2. The minimum absolute atomic E-state index is 0.0356. The van der Waals surface area contributed by atoms with E-state index in [9.17, 15) is 33.0 Å². The number of aromatic nitrogens is 1. The zero-order chi connectivity index (χ0) is 34.6. The maximum Gasteiger partial charge on any atom is 0.401 e. The highest BCUT2D eigenvalue weighted by atomic mass is 19.4. The Morgan fingerprint density at radius 2 is 1.77 bits per heavy atom. The number of carbonyl (C=O) groups excluding carboxylic acids is 1. The van der Waals surface area contributed by atoms with E-state index in [-0.39, 0.29) is 47.9 Å². The molecule has 3 aliphatic rings. The van der Waals surface area contributed by atoms with Crippen LogP contribution in [0.1, 0.15) is 87.6 Å². The molecule has 1 aliphatic carbocycles. The van der Waals surface area contributed by atoms with Gasteiger partial charge in [-0.3, -0.25) is 14.5 Å². The van der Waals surface area contributed by atoms with Crippen LogP contribution in [0.3, 0.4) is 0 Å². The number of hydrogen-bond donors (Lipinski definition) is 2. The number of anilines is 1. The van der Waals surface area contributed by atoms with E-state index in [1.807, 2.05) is 32.9 Å². The summed E-state index contributed by atoms with van der Waals surface area (Å²) >= 11 is 0. The second-order valence-electron chi connectivity index (χ2n) is 15.1. The van der Waals surface area contributed by atoms with Crippen LogP contribution >= 0.6 is 0 Å². The predicted molar refractivity (Wildman–Crippen MR) is 177 cm³/mol. The smallest absolute Gasteiger partial charge is 0.401 e. The molecule has 2 aliphatic heterocycles. The number of pyridine rings is 1. The third kappa shape index (κ3) is 9.99. The Hall–Kier alpha value is -3.54. The third-order valence-corrected chi connectivity index (χ3v) is 9.64. The van der Waals surface area contributed by atoms with Crippen molar-refractivity contribution in [2.45, 2.75) is 83.9 Å². The number of aromatic hydroxyl groups is 1. The summed E-state index contributed by atoms with van der Waals surface area (Å²) in [6.45, 7) is 7.69. The molecular formula is C36H49F3N4O5. The predicted octanol–water partition coefficient (Wildman–Crippen LogP) is 6.57. The molecule has 2 unspecified atom stereocenters. The van der Waals surface area contributed by atoms with Crippen molar-refractivity contribution in [1.29, 1.82) is 0 Å². The number of phenolic OH excluding ortho intramolecular Hbond substituents is 1. The molecule has 2 saturated heterocycles. The highest BCUT2D eigenvalue weighted by Crippen LogP contribution is 2.45. The van der Waals surface area contributed by atoms with Gasteiger partial charge in [0.05, 0.1) is 30.8 Å². The van der Waals surface area contributed by atoms with Crippen LogP contribution < -0.4 is 9.64 Å². The quantitative estimate of drug-likeness (QED) is 0.261. The van der Waals surface area contributed by atoms with Crippen LogP contribution in [-0.4, -0.2) is 95.0 Å². The summed E-state index contributed by atoms with van der Waals surface area (Å²) in [6.07, 6.45) is 2.33. The second kappa shape index (κ2) is 14.9. The van der Waals surface area contributed by atoms with Gasteiger partial charge < -0.3 is 24.7 Å². The van der Waals surface area contributed by atoms with Crippen LogP contribution in [-0.2, 0) is 4.79 Å². The van der Waals surface area contributed by atoms with Gasteiger partial charge in [0, 0.05) is 50.6 Å². The highest BCUT2D eigenvalue weighted by Gasteiger charge is 2.38. The van der Waals surface area contributed by atoms with Gasteiger partial charge in [-0.2, -0.15) is 13.2 Å². The van der Waals surface area contributed by atoms with Crippen molar-refractivity contribution in [1.82, 2.24) is 14.8 Å². The fourth-order valence-corrected chi connectivity index (χ4v) is 7.20. The van der Waals surface area contributed by atoms with Gasteiger partial charge in [0.1, 0.15) is 5.75 Å². The third-order valence-electron chi connectivity index (χ3n) is 9.64. The van der Waals surface area contributed by atoms with Crippen molar-refractivity contribution in [3.8, 4) is 11.6 Å². The van der Waals surface area contributed by atoms with Gasteiger partial charge in [-0.15, -0.1) is 0 Å². The first-order chi connectivity index (χ1) is 22.6. The summed E-state index contributed by atoms with van der Waals surface area (Å²) < 4.78 is 45.9. The molecule has 48 heavy (non-hydrogen) atoms. The van der Waals surface area contributed by atoms with Gasteiger partial charge in [-0.25, -0.2) is 4.98 Å². The molecule has 2 N–H and O–H groups in total. The van der Waals surface area contributed by atoms with E-state index in [0.717, 1.165) is 31.2 Å². The number of nitrogens with zero attached hydrogens (tertiary/aromatic N) is 4. The molecule has 12 heteroatoms. The zero-order valence-electron chi connectivity index (χ0n) is 28.2. The molecule has 2 aromatic rings. The van der Waals surface area contributed by atoms with Gasteiger partial charge >= 0.3 is 12.1 Å². The molecule has 3 heterocycles. The molecule has 9 nitrogen and oxygen atoms in total. The average molecular weight is 675 g/mol. The van der Waals surface area contributed by atoms with Crippen LogP contribution in [0.4, 0.5) is 18.9 Å². The Bertz CT molecular complexity index is 1420. The van der Waals surface area contributed by atoms with Gasteiger partial charge in [0.25, 0.3) is 5.91 Å². The molecule has 3 fully saturated rings. The molecule has 0 spiro atoms. The van der Waals surface area contributed by atoms with E-state index >= 15 is 0 Å². The number of ether oxygens (including phenoxy) is 1. The summed E-state index contributed by atoms with van der Waals surface area (Å²) in [5.74, 6) is 0.0824. The van der Waals surface area contributed by atoms with Gasteiger partial charge in [-0.1, -0.05) is 20.8 Å². The molecule has 5 rings (SSSR count). The fourth-order valence-electron chi connectivity index (χ4n) is 7.20. The Kier molecular flexibility index (Phi) is 11.1. The van der Waals surface area contributed by atoms with Crippen LogP contribution in [0.5, 0.6) is 11.6 Å². The Labute approximate surface area is 281 Å². The molecule has 1 amide bonds. The Morgan fingerprint density at radius 3 is 2.42 bits per heavy atom. The molecule has 1 saturated carbocycles. The van der Waals surface area contributed by atoms with Gasteiger partial charge in [-0.05, 0) is 92.0 Å². The number of phenols is 1. The molecule has 1 aromatic carbocycles. The van der Waals surface area contributed by atoms with Crippen LogP contribution in [0.15, 0.2) is 36.5 Å². The number of carbonyl (C=O) groups is 2. The monoisotopic (exact) mass is 674 g/mol. The van der Waals surface area contributed by atoms with E-state index in [4.69, 9.17) is 4.74 Å². The number of hydrogen-bond acceptors (Lipinski definition) is 7. The number of carboxylic acids is 1. The highest BCUT2D eigenvalue weighted by molar-refractivity contribution is 6.00. The van der Waals surface area contributed by atoms with E-state index in [1.54, 1.807) is 23.2 Å². The summed E-state index contributed by atoms with van der Waals surface area (Å²) in [5.41, 5.74) is 1.73. The average Bonchev–Trinajstić information content (AvgIpc) is 3.86. The number of alkyl halides is 3. The maximum atomic E-state index is 14.3. The number of aliphatic carboxylic acids is 1. The molecule has 2 atom stereocenters. The molecule has 264 valence electrons. The lowest BCUT2D eigenvalue weighted by molar-refractivity contribution is -0.149. The summed E-state index contributed by atoms with van der Waals surface area (Å²) in [7, 11) is 0. The topological polar surface area (TPSA) is 106 Å². The lowest BCUT2D eigenvalue weighted by Crippen LogP contribution is -2.54. The number of halogens is 3. The first kappa shape index (κ1) is 35.8. The maximum absolute atomic E-state index is 14.3. The minimum atomic E-state index is -4.30. The van der Waals surface area contributed by atoms with Gasteiger partial charge in [0.2, 0.25) is 5.88 Å². The molecular weight excluding hydrogens is 625 g/mol. The lowest BCUT2D eigenvalue weighted by Gasteiger charge is -2.42. The second-order valence-corrected chi connectivity index (χ2v) is 15.1. The van der Waals surface area contributed by atoms with E-state index in [1.165, 1.54) is 11.0 Å². The number of amides is 1. The summed E-state index contributed by atoms with van der Waals surface area (Å²) in [4.78, 5) is 35.4. The Balaban J connectivity index is 1.25. The van der Waals surface area contributed by atoms with Gasteiger partial charge in [0.15, 0.2) is 0 Å².